The molecule has 2 unspecified atom stereocenters. The van der Waals surface area contributed by atoms with Crippen molar-refractivity contribution in [3.05, 3.63) is 35.4 Å². The van der Waals surface area contributed by atoms with Gasteiger partial charge in [-0.2, -0.15) is 0 Å². The molecule has 0 aliphatic heterocycles. The average molecular weight is 447 g/mol. The fraction of sp³-hybridized carbons (Fsp3) is 0.714. The quantitative estimate of drug-likeness (QED) is 0.168. The maximum Gasteiger partial charge on any atom is 0.339 e. The average Bonchev–Trinajstić information content (AvgIpc) is 2.80. The van der Waals surface area contributed by atoms with E-state index < -0.39 is 11.9 Å². The van der Waals surface area contributed by atoms with Gasteiger partial charge >= 0.3 is 11.9 Å². The van der Waals surface area contributed by atoms with Gasteiger partial charge in [-0.25, -0.2) is 9.59 Å². The molecule has 0 spiro atoms. The molecule has 0 aliphatic carbocycles. The molecule has 0 N–H and O–H groups in total. The van der Waals surface area contributed by atoms with E-state index in [0.29, 0.717) is 11.1 Å². The Morgan fingerprint density at radius 1 is 0.594 bits per heavy atom. The lowest BCUT2D eigenvalue weighted by Crippen LogP contribution is -2.23. The van der Waals surface area contributed by atoms with E-state index in [2.05, 4.69) is 27.7 Å². The number of benzene rings is 1. The zero-order chi connectivity index (χ0) is 23.6. The summed E-state index contributed by atoms with van der Waals surface area (Å²) >= 11 is 0. The van der Waals surface area contributed by atoms with Crippen LogP contribution < -0.4 is 0 Å². The van der Waals surface area contributed by atoms with E-state index in [9.17, 15) is 9.59 Å². The molecule has 32 heavy (non-hydrogen) atoms. The summed E-state index contributed by atoms with van der Waals surface area (Å²) < 4.78 is 11.8. The van der Waals surface area contributed by atoms with E-state index in [4.69, 9.17) is 9.47 Å². The van der Waals surface area contributed by atoms with Gasteiger partial charge < -0.3 is 9.47 Å². The Balaban J connectivity index is 2.87. The molecule has 0 saturated heterocycles. The summed E-state index contributed by atoms with van der Waals surface area (Å²) in [5, 5.41) is 0. The molecule has 1 rings (SSSR count). The standard InChI is InChI=1S/C28H46O4/c1-5-9-13-19-23(17-11-7-3)31-27(29)25-21-15-16-22-26(25)28(30)32-24(18-12-8-4)20-14-10-6-2/h15-16,21-24H,5-14,17-20H2,1-4H3. The molecule has 0 saturated carbocycles. The Morgan fingerprint density at radius 3 is 1.28 bits per heavy atom. The van der Waals surface area contributed by atoms with Crippen LogP contribution in [0.1, 0.15) is 138 Å². The normalized spacial score (nSPS) is 12.9. The van der Waals surface area contributed by atoms with Crippen LogP contribution in [0.2, 0.25) is 0 Å². The SMILES string of the molecule is CCCCCC(CCCC)OC(=O)c1ccccc1C(=O)OC(CCCC)CCCCC. The predicted octanol–water partition coefficient (Wildman–Crippen LogP) is 8.28. The molecule has 1 aromatic rings. The van der Waals surface area contributed by atoms with E-state index in [1.54, 1.807) is 24.3 Å². The van der Waals surface area contributed by atoms with E-state index in [1.807, 2.05) is 0 Å². The summed E-state index contributed by atoms with van der Waals surface area (Å²) in [5.41, 5.74) is 0.634. The molecule has 0 aromatic heterocycles. The van der Waals surface area contributed by atoms with Crippen LogP contribution in [0.25, 0.3) is 0 Å². The van der Waals surface area contributed by atoms with Gasteiger partial charge in [0.2, 0.25) is 0 Å². The Kier molecular flexibility index (Phi) is 15.6. The van der Waals surface area contributed by atoms with Gasteiger partial charge in [0.05, 0.1) is 11.1 Å². The number of carbonyl (C=O) groups excluding carboxylic acids is 2. The van der Waals surface area contributed by atoms with Gasteiger partial charge in [0.1, 0.15) is 12.2 Å². The second-order valence-electron chi connectivity index (χ2n) is 8.88. The van der Waals surface area contributed by atoms with E-state index in [-0.39, 0.29) is 12.2 Å². The Hall–Kier alpha value is -1.84. The summed E-state index contributed by atoms with van der Waals surface area (Å²) in [6, 6.07) is 6.92. The Morgan fingerprint density at radius 2 is 0.938 bits per heavy atom. The number of carbonyl (C=O) groups is 2. The lowest BCUT2D eigenvalue weighted by Gasteiger charge is -2.20. The molecule has 182 valence electrons. The first kappa shape index (κ1) is 28.2. The molecule has 0 amide bonds. The molecular formula is C28H46O4. The van der Waals surface area contributed by atoms with E-state index >= 15 is 0 Å². The van der Waals surface area contributed by atoms with Gasteiger partial charge in [0.15, 0.2) is 0 Å². The maximum absolute atomic E-state index is 13.0. The first-order chi connectivity index (χ1) is 15.6. The zero-order valence-corrected chi connectivity index (χ0v) is 21.0. The molecule has 0 fully saturated rings. The van der Waals surface area contributed by atoms with Gasteiger partial charge in [-0.1, -0.05) is 91.2 Å². The first-order valence-electron chi connectivity index (χ1n) is 13.1. The van der Waals surface area contributed by atoms with Crippen LogP contribution in [0, 0.1) is 0 Å². The molecular weight excluding hydrogens is 400 g/mol. The zero-order valence-electron chi connectivity index (χ0n) is 21.0. The number of ether oxygens (including phenoxy) is 2. The topological polar surface area (TPSA) is 52.6 Å². The van der Waals surface area contributed by atoms with Crippen molar-refractivity contribution >= 4 is 11.9 Å². The van der Waals surface area contributed by atoms with Crippen molar-refractivity contribution in [1.82, 2.24) is 0 Å². The monoisotopic (exact) mass is 446 g/mol. The van der Waals surface area contributed by atoms with Crippen LogP contribution in [0.4, 0.5) is 0 Å². The minimum absolute atomic E-state index is 0.0931. The van der Waals surface area contributed by atoms with Crippen LogP contribution in [0.15, 0.2) is 24.3 Å². The molecule has 0 bridgehead atoms. The first-order valence-corrected chi connectivity index (χ1v) is 13.1. The van der Waals surface area contributed by atoms with Crippen molar-refractivity contribution in [3.8, 4) is 0 Å². The van der Waals surface area contributed by atoms with Crippen molar-refractivity contribution in [3.63, 3.8) is 0 Å². The molecule has 0 radical (unpaired) electrons. The summed E-state index contributed by atoms with van der Waals surface area (Å²) in [7, 11) is 0. The number of unbranched alkanes of at least 4 members (excludes halogenated alkanes) is 6. The largest absolute Gasteiger partial charge is 0.459 e. The minimum atomic E-state index is -0.411. The maximum atomic E-state index is 13.0. The van der Waals surface area contributed by atoms with Crippen LogP contribution in [0.3, 0.4) is 0 Å². The van der Waals surface area contributed by atoms with E-state index in [1.165, 1.54) is 0 Å². The van der Waals surface area contributed by atoms with Crippen LogP contribution in [-0.4, -0.2) is 24.1 Å². The third-order valence-electron chi connectivity index (χ3n) is 5.93. The molecule has 0 aliphatic rings. The van der Waals surface area contributed by atoms with Crippen molar-refractivity contribution in [2.45, 2.75) is 130 Å². The highest BCUT2D eigenvalue weighted by Gasteiger charge is 2.24. The fourth-order valence-electron chi connectivity index (χ4n) is 3.90. The van der Waals surface area contributed by atoms with Crippen molar-refractivity contribution in [1.29, 1.82) is 0 Å². The highest BCUT2D eigenvalue weighted by Crippen LogP contribution is 2.20. The van der Waals surface area contributed by atoms with E-state index in [0.717, 1.165) is 89.9 Å². The summed E-state index contributed by atoms with van der Waals surface area (Å²) in [4.78, 5) is 26.0. The van der Waals surface area contributed by atoms with Crippen molar-refractivity contribution in [2.75, 3.05) is 0 Å². The van der Waals surface area contributed by atoms with Gasteiger partial charge in [0.25, 0.3) is 0 Å². The smallest absolute Gasteiger partial charge is 0.339 e. The highest BCUT2D eigenvalue weighted by atomic mass is 16.5. The second-order valence-corrected chi connectivity index (χ2v) is 8.88. The molecule has 2 atom stereocenters. The molecule has 0 heterocycles. The van der Waals surface area contributed by atoms with Gasteiger partial charge in [-0.05, 0) is 50.7 Å². The predicted molar refractivity (Wildman–Crippen MR) is 132 cm³/mol. The Labute approximate surface area is 196 Å². The number of hydrogen-bond donors (Lipinski definition) is 0. The van der Waals surface area contributed by atoms with Crippen molar-refractivity contribution < 1.29 is 19.1 Å². The van der Waals surface area contributed by atoms with Gasteiger partial charge in [-0.15, -0.1) is 0 Å². The fourth-order valence-corrected chi connectivity index (χ4v) is 3.90. The van der Waals surface area contributed by atoms with Crippen molar-refractivity contribution in [2.24, 2.45) is 0 Å². The second kappa shape index (κ2) is 17.7. The number of rotatable bonds is 18. The summed E-state index contributed by atoms with van der Waals surface area (Å²) in [6.45, 7) is 8.63. The number of esters is 2. The molecule has 4 nitrogen and oxygen atoms in total. The van der Waals surface area contributed by atoms with Crippen LogP contribution in [-0.2, 0) is 9.47 Å². The lowest BCUT2D eigenvalue weighted by atomic mass is 10.0. The molecule has 1 aromatic carbocycles. The third-order valence-corrected chi connectivity index (χ3v) is 5.93. The molecule has 4 heteroatoms. The number of hydrogen-bond acceptors (Lipinski definition) is 4. The minimum Gasteiger partial charge on any atom is -0.459 e. The third kappa shape index (κ3) is 11.2. The summed E-state index contributed by atoms with van der Waals surface area (Å²) in [5.74, 6) is -0.822. The highest BCUT2D eigenvalue weighted by molar-refractivity contribution is 6.03. The van der Waals surface area contributed by atoms with Crippen LogP contribution >= 0.6 is 0 Å². The van der Waals surface area contributed by atoms with Gasteiger partial charge in [0, 0.05) is 0 Å². The van der Waals surface area contributed by atoms with Crippen LogP contribution in [0.5, 0.6) is 0 Å². The summed E-state index contributed by atoms with van der Waals surface area (Å²) in [6.07, 6.45) is 14.2. The van der Waals surface area contributed by atoms with Gasteiger partial charge in [-0.3, -0.25) is 0 Å². The lowest BCUT2D eigenvalue weighted by molar-refractivity contribution is 0.0202. The Bertz CT molecular complexity index is 585.